The monoisotopic (exact) mass is 304 g/mol. The number of nitrogens with two attached hydrogens (primary N) is 1. The number of carbonyl (C=O) groups excluding carboxylic acids is 1. The maximum Gasteiger partial charge on any atom is 0.224 e. The van der Waals surface area contributed by atoms with E-state index in [1.54, 1.807) is 25.3 Å². The third kappa shape index (κ3) is 4.39. The van der Waals surface area contributed by atoms with Gasteiger partial charge in [0.15, 0.2) is 0 Å². The molecule has 0 spiro atoms. The van der Waals surface area contributed by atoms with Crippen LogP contribution in [-0.2, 0) is 11.2 Å². The molecule has 0 heterocycles. The van der Waals surface area contributed by atoms with E-state index in [4.69, 9.17) is 22.1 Å². The van der Waals surface area contributed by atoms with Crippen molar-refractivity contribution >= 4 is 28.9 Å². The third-order valence-electron chi connectivity index (χ3n) is 3.08. The summed E-state index contributed by atoms with van der Waals surface area (Å²) in [6.07, 6.45) is 1.06. The van der Waals surface area contributed by atoms with Gasteiger partial charge in [-0.05, 0) is 42.3 Å². The van der Waals surface area contributed by atoms with Crippen molar-refractivity contribution < 1.29 is 9.53 Å². The summed E-state index contributed by atoms with van der Waals surface area (Å²) in [5.41, 5.74) is 7.85. The first-order valence-electron chi connectivity index (χ1n) is 6.56. The average molecular weight is 305 g/mol. The molecule has 5 heteroatoms. The van der Waals surface area contributed by atoms with Crippen molar-refractivity contribution in [2.45, 2.75) is 12.8 Å². The highest BCUT2D eigenvalue weighted by Crippen LogP contribution is 2.22. The molecule has 0 unspecified atom stereocenters. The van der Waals surface area contributed by atoms with E-state index in [2.05, 4.69) is 5.32 Å². The average Bonchev–Trinajstić information content (AvgIpc) is 2.49. The minimum absolute atomic E-state index is 0.0633. The van der Waals surface area contributed by atoms with E-state index in [0.717, 1.165) is 11.3 Å². The van der Waals surface area contributed by atoms with Crippen LogP contribution in [0.3, 0.4) is 0 Å². The molecule has 2 aromatic rings. The predicted molar refractivity (Wildman–Crippen MR) is 85.8 cm³/mol. The quantitative estimate of drug-likeness (QED) is 0.831. The summed E-state index contributed by atoms with van der Waals surface area (Å²) in [6.45, 7) is 0. The second kappa shape index (κ2) is 6.99. The molecule has 0 atom stereocenters. The fraction of sp³-hybridized carbons (Fsp3) is 0.188. The zero-order valence-corrected chi connectivity index (χ0v) is 12.5. The number of methoxy groups -OCH3 is 1. The van der Waals surface area contributed by atoms with Gasteiger partial charge >= 0.3 is 0 Å². The van der Waals surface area contributed by atoms with Crippen molar-refractivity contribution in [2.24, 2.45) is 0 Å². The number of hydrogen-bond acceptors (Lipinski definition) is 3. The summed E-state index contributed by atoms with van der Waals surface area (Å²) in [5, 5.41) is 3.23. The number of benzene rings is 2. The lowest BCUT2D eigenvalue weighted by Gasteiger charge is -2.07. The highest BCUT2D eigenvalue weighted by atomic mass is 35.5. The zero-order chi connectivity index (χ0) is 15.2. The van der Waals surface area contributed by atoms with Crippen LogP contribution in [0.1, 0.15) is 12.0 Å². The molecular formula is C16H17ClN2O2. The number of nitrogens with one attached hydrogen (secondary N) is 1. The first-order valence-corrected chi connectivity index (χ1v) is 6.94. The molecule has 4 nitrogen and oxygen atoms in total. The summed E-state index contributed by atoms with van der Waals surface area (Å²) >= 11 is 5.91. The van der Waals surface area contributed by atoms with Gasteiger partial charge in [0.25, 0.3) is 0 Å². The van der Waals surface area contributed by atoms with E-state index in [9.17, 15) is 4.79 Å². The lowest BCUT2D eigenvalue weighted by Crippen LogP contribution is -2.12. The largest absolute Gasteiger partial charge is 0.497 e. The number of aryl methyl sites for hydroxylation is 1. The Kier molecular flexibility index (Phi) is 5.06. The van der Waals surface area contributed by atoms with Gasteiger partial charge in [-0.2, -0.15) is 0 Å². The fourth-order valence-electron chi connectivity index (χ4n) is 1.88. The first-order chi connectivity index (χ1) is 10.1. The van der Waals surface area contributed by atoms with E-state index in [1.165, 1.54) is 0 Å². The molecule has 0 saturated heterocycles. The number of anilines is 2. The van der Waals surface area contributed by atoms with Crippen LogP contribution in [-0.4, -0.2) is 13.0 Å². The molecule has 0 aliphatic rings. The molecule has 0 aromatic heterocycles. The van der Waals surface area contributed by atoms with Gasteiger partial charge in [-0.25, -0.2) is 0 Å². The van der Waals surface area contributed by atoms with Gasteiger partial charge < -0.3 is 15.8 Å². The van der Waals surface area contributed by atoms with E-state index in [1.807, 2.05) is 24.3 Å². The van der Waals surface area contributed by atoms with Gasteiger partial charge in [0, 0.05) is 12.1 Å². The van der Waals surface area contributed by atoms with Gasteiger partial charge in [-0.3, -0.25) is 4.79 Å². The van der Waals surface area contributed by atoms with Crippen LogP contribution >= 0.6 is 11.6 Å². The second-order valence-corrected chi connectivity index (χ2v) is 5.04. The molecular weight excluding hydrogens is 288 g/mol. The molecule has 0 radical (unpaired) electrons. The molecule has 0 saturated carbocycles. The normalized spacial score (nSPS) is 10.2. The number of rotatable bonds is 5. The highest BCUT2D eigenvalue weighted by molar-refractivity contribution is 6.33. The van der Waals surface area contributed by atoms with Gasteiger partial charge in [0.2, 0.25) is 5.91 Å². The smallest absolute Gasteiger partial charge is 0.224 e. The maximum atomic E-state index is 11.9. The lowest BCUT2D eigenvalue weighted by atomic mass is 10.1. The molecule has 2 aromatic carbocycles. The number of carbonyl (C=O) groups is 1. The Morgan fingerprint density at radius 2 is 1.95 bits per heavy atom. The van der Waals surface area contributed by atoms with Crippen molar-refractivity contribution in [3.8, 4) is 5.75 Å². The van der Waals surface area contributed by atoms with Crippen LogP contribution in [0, 0.1) is 0 Å². The van der Waals surface area contributed by atoms with Crippen LogP contribution in [0.15, 0.2) is 42.5 Å². The SMILES string of the molecule is COc1ccc(CCC(=O)Nc2ccc(N)c(Cl)c2)cc1. The van der Waals surface area contributed by atoms with Crippen LogP contribution in [0.2, 0.25) is 5.02 Å². The summed E-state index contributed by atoms with van der Waals surface area (Å²) in [6, 6.07) is 12.7. The molecule has 0 bridgehead atoms. The lowest BCUT2D eigenvalue weighted by molar-refractivity contribution is -0.116. The van der Waals surface area contributed by atoms with Gasteiger partial charge in [0.05, 0.1) is 17.8 Å². The summed E-state index contributed by atoms with van der Waals surface area (Å²) < 4.78 is 5.09. The second-order valence-electron chi connectivity index (χ2n) is 4.63. The summed E-state index contributed by atoms with van der Waals surface area (Å²) in [5.74, 6) is 0.742. The molecule has 2 rings (SSSR count). The molecule has 1 amide bonds. The molecule has 0 aliphatic carbocycles. The van der Waals surface area contributed by atoms with Crippen LogP contribution in [0.5, 0.6) is 5.75 Å². The van der Waals surface area contributed by atoms with E-state index in [-0.39, 0.29) is 5.91 Å². The minimum atomic E-state index is -0.0633. The maximum absolute atomic E-state index is 11.9. The van der Waals surface area contributed by atoms with Gasteiger partial charge in [-0.1, -0.05) is 23.7 Å². The van der Waals surface area contributed by atoms with Crippen molar-refractivity contribution in [1.29, 1.82) is 0 Å². The van der Waals surface area contributed by atoms with Crippen molar-refractivity contribution in [1.82, 2.24) is 0 Å². The predicted octanol–water partition coefficient (Wildman–Crippen LogP) is 3.50. The number of amides is 1. The number of nitrogen functional groups attached to an aromatic ring is 1. The van der Waals surface area contributed by atoms with Crippen molar-refractivity contribution in [3.05, 3.63) is 53.1 Å². The molecule has 3 N–H and O–H groups in total. The van der Waals surface area contributed by atoms with Crippen molar-refractivity contribution in [2.75, 3.05) is 18.2 Å². The minimum Gasteiger partial charge on any atom is -0.497 e. The molecule has 0 fully saturated rings. The summed E-state index contributed by atoms with van der Waals surface area (Å²) in [4.78, 5) is 11.9. The van der Waals surface area contributed by atoms with E-state index >= 15 is 0 Å². The van der Waals surface area contributed by atoms with Crippen LogP contribution in [0.4, 0.5) is 11.4 Å². The zero-order valence-electron chi connectivity index (χ0n) is 11.7. The summed E-state index contributed by atoms with van der Waals surface area (Å²) in [7, 11) is 1.63. The molecule has 0 aliphatic heterocycles. The van der Waals surface area contributed by atoms with Gasteiger partial charge in [-0.15, -0.1) is 0 Å². The number of halogens is 1. The van der Waals surface area contributed by atoms with E-state index in [0.29, 0.717) is 29.2 Å². The first kappa shape index (κ1) is 15.2. The van der Waals surface area contributed by atoms with Crippen molar-refractivity contribution in [3.63, 3.8) is 0 Å². The third-order valence-corrected chi connectivity index (χ3v) is 3.41. The Morgan fingerprint density at radius 1 is 1.24 bits per heavy atom. The van der Waals surface area contributed by atoms with Crippen LogP contribution < -0.4 is 15.8 Å². The number of ether oxygens (including phenoxy) is 1. The molecule has 110 valence electrons. The number of hydrogen-bond donors (Lipinski definition) is 2. The Balaban J connectivity index is 1.87. The Labute approximate surface area is 128 Å². The van der Waals surface area contributed by atoms with Crippen LogP contribution in [0.25, 0.3) is 0 Å². The standard InChI is InChI=1S/C16H17ClN2O2/c1-21-13-6-2-11(3-7-13)4-9-16(20)19-12-5-8-15(18)14(17)10-12/h2-3,5-8,10H,4,9,18H2,1H3,(H,19,20). The Bertz CT molecular complexity index is 627. The highest BCUT2D eigenvalue weighted by Gasteiger charge is 2.05. The topological polar surface area (TPSA) is 64.3 Å². The van der Waals surface area contributed by atoms with Gasteiger partial charge in [0.1, 0.15) is 5.75 Å². The Morgan fingerprint density at radius 3 is 2.57 bits per heavy atom. The molecule has 21 heavy (non-hydrogen) atoms. The Hall–Kier alpha value is -2.20. The van der Waals surface area contributed by atoms with E-state index < -0.39 is 0 Å². The fourth-order valence-corrected chi connectivity index (χ4v) is 2.06.